The Bertz CT molecular complexity index is 737. The van der Waals surface area contributed by atoms with Gasteiger partial charge in [0, 0.05) is 6.42 Å². The zero-order valence-corrected chi connectivity index (χ0v) is 12.7. The highest BCUT2D eigenvalue weighted by Crippen LogP contribution is 2.30. The molecule has 5 N–H and O–H groups in total. The van der Waals surface area contributed by atoms with E-state index in [0.717, 1.165) is 0 Å². The number of amides is 1. The molecule has 1 atom stereocenters. The van der Waals surface area contributed by atoms with E-state index in [9.17, 15) is 23.0 Å². The number of para-hydroxylation sites is 1. The summed E-state index contributed by atoms with van der Waals surface area (Å²) in [4.78, 5) is 22.8. The number of primary sulfonamides is 1. The predicted octanol–water partition coefficient (Wildman–Crippen LogP) is -1.50. The molecule has 11 heteroatoms. The van der Waals surface area contributed by atoms with Gasteiger partial charge >= 0.3 is 13.1 Å². The summed E-state index contributed by atoms with van der Waals surface area (Å²) in [6, 6.07) is 4.50. The van der Waals surface area contributed by atoms with Crippen LogP contribution in [0.15, 0.2) is 18.2 Å². The SMILES string of the molecule is NS(=O)(=O)CCC(=O)NC1Cc2cccc(C(=O)O)c2OB1O. The van der Waals surface area contributed by atoms with Crippen LogP contribution in [0.4, 0.5) is 0 Å². The van der Waals surface area contributed by atoms with E-state index in [1.54, 1.807) is 6.07 Å². The van der Waals surface area contributed by atoms with Gasteiger partial charge in [0.2, 0.25) is 15.9 Å². The molecule has 0 saturated heterocycles. The number of nitrogens with two attached hydrogens (primary N) is 1. The number of carboxylic acids is 1. The average molecular weight is 342 g/mol. The number of rotatable bonds is 5. The van der Waals surface area contributed by atoms with Crippen LogP contribution in [0.5, 0.6) is 5.75 Å². The number of benzene rings is 1. The van der Waals surface area contributed by atoms with Crippen LogP contribution in [0.1, 0.15) is 22.3 Å². The lowest BCUT2D eigenvalue weighted by Crippen LogP contribution is -2.53. The molecule has 9 nitrogen and oxygen atoms in total. The third-order valence-corrected chi connectivity index (χ3v) is 4.08. The Labute approximate surface area is 132 Å². The van der Waals surface area contributed by atoms with Crippen LogP contribution in [0.2, 0.25) is 0 Å². The Morgan fingerprint density at radius 3 is 2.74 bits per heavy atom. The number of hydrogen-bond acceptors (Lipinski definition) is 6. The minimum atomic E-state index is -3.76. The van der Waals surface area contributed by atoms with Gasteiger partial charge in [0.15, 0.2) is 0 Å². The number of carbonyl (C=O) groups excluding carboxylic acids is 1. The first-order valence-electron chi connectivity index (χ1n) is 6.67. The molecule has 0 fully saturated rings. The van der Waals surface area contributed by atoms with E-state index < -0.39 is 40.7 Å². The maximum Gasteiger partial charge on any atom is 0.547 e. The first-order valence-corrected chi connectivity index (χ1v) is 8.38. The number of fused-ring (bicyclic) bond motifs is 1. The molecule has 0 bridgehead atoms. The number of carbonyl (C=O) groups is 2. The lowest BCUT2D eigenvalue weighted by atomic mass is 9.72. The topological polar surface area (TPSA) is 156 Å². The first kappa shape index (κ1) is 17.3. The van der Waals surface area contributed by atoms with Gasteiger partial charge in [-0.25, -0.2) is 18.4 Å². The van der Waals surface area contributed by atoms with Crippen LogP contribution in [0.25, 0.3) is 0 Å². The van der Waals surface area contributed by atoms with Gasteiger partial charge < -0.3 is 20.1 Å². The number of nitrogens with one attached hydrogen (secondary N) is 1. The second-order valence-corrected chi connectivity index (χ2v) is 6.84. The van der Waals surface area contributed by atoms with Crippen LogP contribution in [-0.2, 0) is 21.2 Å². The third-order valence-electron chi connectivity index (χ3n) is 3.31. The third kappa shape index (κ3) is 4.44. The smallest absolute Gasteiger partial charge is 0.534 e. The molecule has 0 radical (unpaired) electrons. The normalized spacial score (nSPS) is 17.1. The van der Waals surface area contributed by atoms with Crippen LogP contribution in [-0.4, -0.2) is 49.2 Å². The molecule has 1 aliphatic rings. The van der Waals surface area contributed by atoms with Gasteiger partial charge in [-0.15, -0.1) is 0 Å². The van der Waals surface area contributed by atoms with E-state index >= 15 is 0 Å². The second kappa shape index (κ2) is 6.56. The molecule has 2 rings (SSSR count). The van der Waals surface area contributed by atoms with Crippen LogP contribution < -0.4 is 15.1 Å². The Kier molecular flexibility index (Phi) is 4.92. The van der Waals surface area contributed by atoms with Gasteiger partial charge in [-0.2, -0.15) is 0 Å². The van der Waals surface area contributed by atoms with Gasteiger partial charge in [-0.1, -0.05) is 12.1 Å². The van der Waals surface area contributed by atoms with Gasteiger partial charge in [-0.05, 0) is 18.1 Å². The van der Waals surface area contributed by atoms with E-state index in [1.807, 2.05) is 0 Å². The predicted molar refractivity (Wildman–Crippen MR) is 80.2 cm³/mol. The van der Waals surface area contributed by atoms with Crippen molar-refractivity contribution in [3.8, 4) is 5.75 Å². The lowest BCUT2D eigenvalue weighted by Gasteiger charge is -2.28. The molecule has 1 aromatic rings. The second-order valence-electron chi connectivity index (χ2n) is 5.10. The Morgan fingerprint density at radius 1 is 1.43 bits per heavy atom. The van der Waals surface area contributed by atoms with Gasteiger partial charge in [-0.3, -0.25) is 4.79 Å². The standard InChI is InChI=1S/C12H15BN2O7S/c14-23(20,21)5-4-10(16)15-9-6-7-2-1-3-8(12(17)18)11(7)22-13(9)19/h1-3,9,19H,4-6H2,(H,15,16)(H,17,18)(H2,14,20,21). The molecule has 1 aromatic carbocycles. The van der Waals surface area contributed by atoms with Crippen molar-refractivity contribution in [2.24, 2.45) is 5.14 Å². The van der Waals surface area contributed by atoms with Gasteiger partial charge in [0.1, 0.15) is 5.75 Å². The van der Waals surface area contributed by atoms with Crippen molar-refractivity contribution < 1.29 is 32.8 Å². The zero-order valence-electron chi connectivity index (χ0n) is 11.9. The molecule has 0 saturated carbocycles. The Hall–Kier alpha value is -2.11. The quantitative estimate of drug-likeness (QED) is 0.475. The van der Waals surface area contributed by atoms with Crippen LogP contribution in [0.3, 0.4) is 0 Å². The summed E-state index contributed by atoms with van der Waals surface area (Å²) in [7, 11) is -5.20. The van der Waals surface area contributed by atoms with E-state index in [0.29, 0.717) is 5.56 Å². The Balaban J connectivity index is 2.08. The van der Waals surface area contributed by atoms with Crippen molar-refractivity contribution in [2.75, 3.05) is 5.75 Å². The van der Waals surface area contributed by atoms with E-state index in [1.165, 1.54) is 12.1 Å². The molecular formula is C12H15BN2O7S. The fourth-order valence-corrected chi connectivity index (χ4v) is 2.70. The number of carboxylic acid groups (broad SMARTS) is 1. The highest BCUT2D eigenvalue weighted by molar-refractivity contribution is 7.89. The molecule has 0 aliphatic carbocycles. The molecule has 1 aliphatic heterocycles. The zero-order chi connectivity index (χ0) is 17.2. The largest absolute Gasteiger partial charge is 0.547 e. The maximum atomic E-state index is 11.7. The van der Waals surface area contributed by atoms with Crippen molar-refractivity contribution in [2.45, 2.75) is 18.8 Å². The molecule has 1 amide bonds. The van der Waals surface area contributed by atoms with Gasteiger partial charge in [0.05, 0.1) is 17.3 Å². The monoisotopic (exact) mass is 342 g/mol. The summed E-state index contributed by atoms with van der Waals surface area (Å²) in [5, 5.41) is 26.3. The van der Waals surface area contributed by atoms with Crippen LogP contribution in [0, 0.1) is 0 Å². The number of sulfonamides is 1. The van der Waals surface area contributed by atoms with E-state index in [4.69, 9.17) is 14.9 Å². The summed E-state index contributed by atoms with van der Waals surface area (Å²) in [6.45, 7) is 0. The maximum absolute atomic E-state index is 11.7. The minimum Gasteiger partial charge on any atom is -0.534 e. The van der Waals surface area contributed by atoms with Crippen molar-refractivity contribution in [1.82, 2.24) is 5.32 Å². The lowest BCUT2D eigenvalue weighted by molar-refractivity contribution is -0.121. The highest BCUT2D eigenvalue weighted by atomic mass is 32.2. The molecular weight excluding hydrogens is 327 g/mol. The molecule has 23 heavy (non-hydrogen) atoms. The molecule has 1 unspecified atom stereocenters. The Morgan fingerprint density at radius 2 is 2.13 bits per heavy atom. The van der Waals surface area contributed by atoms with E-state index in [2.05, 4.69) is 5.32 Å². The highest BCUT2D eigenvalue weighted by Gasteiger charge is 2.37. The minimum absolute atomic E-state index is 0.0579. The molecule has 0 spiro atoms. The van der Waals surface area contributed by atoms with Crippen molar-refractivity contribution in [1.29, 1.82) is 0 Å². The summed E-state index contributed by atoms with van der Waals surface area (Å²) >= 11 is 0. The molecule has 1 heterocycles. The van der Waals surface area contributed by atoms with Crippen molar-refractivity contribution >= 4 is 29.0 Å². The van der Waals surface area contributed by atoms with Crippen LogP contribution >= 0.6 is 0 Å². The summed E-state index contributed by atoms with van der Waals surface area (Å²) in [5.41, 5.74) is 0.437. The van der Waals surface area contributed by atoms with Crippen molar-refractivity contribution in [3.63, 3.8) is 0 Å². The molecule has 124 valence electrons. The number of aromatic carboxylic acids is 1. The average Bonchev–Trinajstić information content (AvgIpc) is 2.44. The van der Waals surface area contributed by atoms with Gasteiger partial charge in [0.25, 0.3) is 0 Å². The number of hydrogen-bond donors (Lipinski definition) is 4. The first-order chi connectivity index (χ1) is 10.7. The summed E-state index contributed by atoms with van der Waals surface area (Å²) in [6.07, 6.45) is -0.192. The molecule has 0 aromatic heterocycles. The fourth-order valence-electron chi connectivity index (χ4n) is 2.23. The summed E-state index contributed by atoms with van der Waals surface area (Å²) in [5.74, 6) is -3.07. The summed E-state index contributed by atoms with van der Waals surface area (Å²) < 4.78 is 26.9. The fraction of sp³-hybridized carbons (Fsp3) is 0.333. The van der Waals surface area contributed by atoms with Crippen molar-refractivity contribution in [3.05, 3.63) is 29.3 Å². The van der Waals surface area contributed by atoms with E-state index in [-0.39, 0.29) is 24.2 Å².